The summed E-state index contributed by atoms with van der Waals surface area (Å²) in [6, 6.07) is 13.0. The summed E-state index contributed by atoms with van der Waals surface area (Å²) in [5.41, 5.74) is 5.50. The van der Waals surface area contributed by atoms with Crippen molar-refractivity contribution in [2.75, 3.05) is 7.11 Å². The fourth-order valence-corrected chi connectivity index (χ4v) is 2.61. The first-order valence-corrected chi connectivity index (χ1v) is 8.69. The fraction of sp³-hybridized carbons (Fsp3) is 0.333. The van der Waals surface area contributed by atoms with E-state index >= 15 is 0 Å². The molecule has 0 saturated carbocycles. The Hall–Kier alpha value is -2.82. The van der Waals surface area contributed by atoms with Gasteiger partial charge in [-0.1, -0.05) is 38.1 Å². The number of benzene rings is 2. The van der Waals surface area contributed by atoms with Crippen LogP contribution < -0.4 is 10.2 Å². The number of phenols is 1. The number of carbonyl (C=O) groups excluding carboxylic acids is 1. The van der Waals surface area contributed by atoms with Gasteiger partial charge in [-0.2, -0.15) is 5.10 Å². The molecule has 0 aliphatic rings. The average molecular weight is 354 g/mol. The lowest BCUT2D eigenvalue weighted by Gasteiger charge is -2.11. The van der Waals surface area contributed by atoms with Gasteiger partial charge in [-0.15, -0.1) is 0 Å². The molecule has 0 aliphatic carbocycles. The van der Waals surface area contributed by atoms with E-state index in [1.165, 1.54) is 25.0 Å². The number of ether oxygens (including phenoxy) is 1. The van der Waals surface area contributed by atoms with Crippen LogP contribution in [0.15, 0.2) is 47.6 Å². The van der Waals surface area contributed by atoms with Gasteiger partial charge in [0.1, 0.15) is 0 Å². The van der Waals surface area contributed by atoms with Crippen LogP contribution in [0.25, 0.3) is 0 Å². The Morgan fingerprint density at radius 2 is 1.88 bits per heavy atom. The minimum atomic E-state index is -0.297. The van der Waals surface area contributed by atoms with Crippen LogP contribution in [0, 0.1) is 5.92 Å². The first kappa shape index (κ1) is 19.5. The van der Waals surface area contributed by atoms with Gasteiger partial charge in [0.05, 0.1) is 19.2 Å². The molecular weight excluding hydrogens is 328 g/mol. The largest absolute Gasteiger partial charge is 0.504 e. The van der Waals surface area contributed by atoms with Gasteiger partial charge in [-0.25, -0.2) is 5.43 Å². The molecule has 2 N–H and O–H groups in total. The van der Waals surface area contributed by atoms with Crippen LogP contribution in [-0.2, 0) is 11.2 Å². The molecule has 0 unspecified atom stereocenters. The summed E-state index contributed by atoms with van der Waals surface area (Å²) in [6.07, 6.45) is 2.54. The summed E-state index contributed by atoms with van der Waals surface area (Å²) in [6.45, 7) is 6.23. The smallest absolute Gasteiger partial charge is 0.247 e. The molecule has 0 saturated heterocycles. The molecule has 0 radical (unpaired) electrons. The van der Waals surface area contributed by atoms with E-state index in [0.717, 1.165) is 12.0 Å². The van der Waals surface area contributed by atoms with Gasteiger partial charge < -0.3 is 9.84 Å². The number of hydrazone groups is 1. The van der Waals surface area contributed by atoms with Crippen LogP contribution in [0.4, 0.5) is 0 Å². The number of methoxy groups -OCH3 is 1. The highest BCUT2D eigenvalue weighted by atomic mass is 16.5. The zero-order chi connectivity index (χ0) is 19.1. The van der Waals surface area contributed by atoms with Gasteiger partial charge in [-0.3, -0.25) is 4.79 Å². The van der Waals surface area contributed by atoms with Crippen molar-refractivity contribution >= 4 is 12.1 Å². The molecule has 2 aromatic carbocycles. The number of nitrogens with one attached hydrogen (secondary N) is 1. The van der Waals surface area contributed by atoms with E-state index in [4.69, 9.17) is 4.74 Å². The van der Waals surface area contributed by atoms with Crippen molar-refractivity contribution in [3.8, 4) is 11.5 Å². The molecule has 1 atom stereocenters. The highest BCUT2D eigenvalue weighted by Crippen LogP contribution is 2.25. The second-order valence-electron chi connectivity index (χ2n) is 6.73. The first-order chi connectivity index (χ1) is 12.4. The first-order valence-electron chi connectivity index (χ1n) is 8.69. The fourth-order valence-electron chi connectivity index (χ4n) is 2.61. The maximum absolute atomic E-state index is 12.3. The van der Waals surface area contributed by atoms with Gasteiger partial charge in [0.15, 0.2) is 11.5 Å². The second-order valence-corrected chi connectivity index (χ2v) is 6.73. The number of phenolic OH excluding ortho intramolecular Hbond substituents is 1. The monoisotopic (exact) mass is 354 g/mol. The van der Waals surface area contributed by atoms with E-state index < -0.39 is 0 Å². The van der Waals surface area contributed by atoms with E-state index in [1.54, 1.807) is 12.1 Å². The van der Waals surface area contributed by atoms with Gasteiger partial charge >= 0.3 is 0 Å². The highest BCUT2D eigenvalue weighted by Gasteiger charge is 2.14. The maximum atomic E-state index is 12.3. The molecule has 0 fully saturated rings. The van der Waals surface area contributed by atoms with Crippen LogP contribution >= 0.6 is 0 Å². The molecule has 0 spiro atoms. The number of aromatic hydroxyl groups is 1. The molecule has 26 heavy (non-hydrogen) atoms. The third kappa shape index (κ3) is 5.34. The molecule has 5 nitrogen and oxygen atoms in total. The zero-order valence-corrected chi connectivity index (χ0v) is 15.7. The lowest BCUT2D eigenvalue weighted by atomic mass is 9.96. The Bertz CT molecular complexity index is 767. The summed E-state index contributed by atoms with van der Waals surface area (Å²) in [7, 11) is 1.48. The van der Waals surface area contributed by atoms with E-state index in [1.807, 2.05) is 19.1 Å². The molecule has 0 aliphatic heterocycles. The summed E-state index contributed by atoms with van der Waals surface area (Å²) < 4.78 is 5.04. The van der Waals surface area contributed by atoms with Crippen LogP contribution in [0.5, 0.6) is 11.5 Å². The average Bonchev–Trinajstić information content (AvgIpc) is 2.62. The Kier molecular flexibility index (Phi) is 6.78. The lowest BCUT2D eigenvalue weighted by Crippen LogP contribution is -2.23. The Morgan fingerprint density at radius 1 is 1.19 bits per heavy atom. The Balaban J connectivity index is 1.96. The molecule has 1 amide bonds. The highest BCUT2D eigenvalue weighted by molar-refractivity contribution is 5.86. The molecule has 2 aromatic rings. The van der Waals surface area contributed by atoms with Gasteiger partial charge in [0.2, 0.25) is 5.91 Å². The van der Waals surface area contributed by atoms with Crippen molar-refractivity contribution < 1.29 is 14.6 Å². The SMILES string of the molecule is COc1cc(/C=N\NC(=O)[C@H](C)c2ccc(CC(C)C)cc2)ccc1O. The minimum absolute atomic E-state index is 0.0585. The standard InChI is InChI=1S/C21H26N2O3/c1-14(2)11-16-5-8-18(9-6-16)15(3)21(25)23-22-13-17-7-10-19(24)20(12-17)26-4/h5-10,12-15,24H,11H2,1-4H3,(H,23,25)/b22-13-/t15-/m1/s1. The number of amides is 1. The predicted octanol–water partition coefficient (Wildman–Crippen LogP) is 3.85. The Morgan fingerprint density at radius 3 is 2.50 bits per heavy atom. The van der Waals surface area contributed by atoms with Crippen LogP contribution in [0.1, 0.15) is 43.4 Å². The number of rotatable bonds is 7. The van der Waals surface area contributed by atoms with Crippen molar-refractivity contribution in [3.63, 3.8) is 0 Å². The molecule has 2 rings (SSSR count). The van der Waals surface area contributed by atoms with Crippen LogP contribution in [0.3, 0.4) is 0 Å². The van der Waals surface area contributed by atoms with Gasteiger partial charge in [0.25, 0.3) is 0 Å². The van der Waals surface area contributed by atoms with Gasteiger partial charge in [0, 0.05) is 0 Å². The van der Waals surface area contributed by atoms with Crippen molar-refractivity contribution in [3.05, 3.63) is 59.2 Å². The van der Waals surface area contributed by atoms with Crippen molar-refractivity contribution in [1.29, 1.82) is 0 Å². The Labute approximate surface area is 154 Å². The molecule has 0 bridgehead atoms. The number of nitrogens with zero attached hydrogens (tertiary/aromatic N) is 1. The van der Waals surface area contributed by atoms with Crippen molar-refractivity contribution in [2.45, 2.75) is 33.1 Å². The molecule has 5 heteroatoms. The number of hydrogen-bond acceptors (Lipinski definition) is 4. The summed E-state index contributed by atoms with van der Waals surface area (Å²) in [5.74, 6) is 0.547. The van der Waals surface area contributed by atoms with Crippen LogP contribution in [-0.4, -0.2) is 24.3 Å². The minimum Gasteiger partial charge on any atom is -0.504 e. The third-order valence-electron chi connectivity index (χ3n) is 4.11. The van der Waals surface area contributed by atoms with Gasteiger partial charge in [-0.05, 0) is 54.2 Å². The second kappa shape index (κ2) is 9.04. The zero-order valence-electron chi connectivity index (χ0n) is 15.7. The normalized spacial score (nSPS) is 12.3. The molecule has 138 valence electrons. The maximum Gasteiger partial charge on any atom is 0.247 e. The van der Waals surface area contributed by atoms with E-state index in [-0.39, 0.29) is 17.6 Å². The summed E-state index contributed by atoms with van der Waals surface area (Å²) in [5, 5.41) is 13.6. The van der Waals surface area contributed by atoms with Crippen molar-refractivity contribution in [1.82, 2.24) is 5.43 Å². The lowest BCUT2D eigenvalue weighted by molar-refractivity contribution is -0.122. The third-order valence-corrected chi connectivity index (χ3v) is 4.11. The summed E-state index contributed by atoms with van der Waals surface area (Å²) >= 11 is 0. The van der Waals surface area contributed by atoms with E-state index in [2.05, 4.69) is 36.5 Å². The quantitative estimate of drug-likeness (QED) is 0.586. The molecular formula is C21H26N2O3. The molecule has 0 heterocycles. The van der Waals surface area contributed by atoms with E-state index in [9.17, 15) is 9.90 Å². The summed E-state index contributed by atoms with van der Waals surface area (Å²) in [4.78, 5) is 12.3. The number of hydrogen-bond donors (Lipinski definition) is 2. The van der Waals surface area contributed by atoms with Crippen molar-refractivity contribution in [2.24, 2.45) is 11.0 Å². The predicted molar refractivity (Wildman–Crippen MR) is 104 cm³/mol. The topological polar surface area (TPSA) is 70.9 Å². The number of carbonyl (C=O) groups is 1. The molecule has 0 aromatic heterocycles. The van der Waals surface area contributed by atoms with Crippen LogP contribution in [0.2, 0.25) is 0 Å². The van der Waals surface area contributed by atoms with E-state index in [0.29, 0.717) is 17.2 Å².